The maximum absolute atomic E-state index is 12.9. The number of rotatable bonds is 5. The van der Waals surface area contributed by atoms with Crippen LogP contribution in [0, 0.1) is 25.7 Å². The van der Waals surface area contributed by atoms with E-state index in [0.29, 0.717) is 43.4 Å². The van der Waals surface area contributed by atoms with E-state index in [1.807, 2.05) is 6.92 Å². The van der Waals surface area contributed by atoms with Crippen LogP contribution in [0.2, 0.25) is 0 Å². The topological polar surface area (TPSA) is 92.5 Å². The summed E-state index contributed by atoms with van der Waals surface area (Å²) in [6.45, 7) is 6.09. The maximum Gasteiger partial charge on any atom is 0.248 e. The number of hydrogen-bond acceptors (Lipinski definition) is 5. The van der Waals surface area contributed by atoms with Gasteiger partial charge in [-0.3, -0.25) is 4.79 Å². The first-order chi connectivity index (χ1) is 12.3. The van der Waals surface area contributed by atoms with Crippen LogP contribution in [0.5, 0.6) is 0 Å². The quantitative estimate of drug-likeness (QED) is 0.843. The molecule has 0 aromatic carbocycles. The Hall–Kier alpha value is -1.41. The zero-order valence-corrected chi connectivity index (χ0v) is 16.6. The third-order valence-electron chi connectivity index (χ3n) is 5.89. The summed E-state index contributed by atoms with van der Waals surface area (Å²) in [6, 6.07) is 0.324. The molecule has 1 amide bonds. The highest BCUT2D eigenvalue weighted by atomic mass is 32.2. The number of piperidine rings is 1. The van der Waals surface area contributed by atoms with Crippen LogP contribution in [0.3, 0.4) is 0 Å². The van der Waals surface area contributed by atoms with E-state index in [-0.39, 0.29) is 22.6 Å². The van der Waals surface area contributed by atoms with Crippen LogP contribution in [-0.2, 0) is 14.8 Å². The molecule has 1 unspecified atom stereocenters. The van der Waals surface area contributed by atoms with Gasteiger partial charge in [0, 0.05) is 25.0 Å². The zero-order chi connectivity index (χ0) is 18.9. The molecule has 146 valence electrons. The van der Waals surface area contributed by atoms with Gasteiger partial charge in [0.2, 0.25) is 15.9 Å². The van der Waals surface area contributed by atoms with Crippen molar-refractivity contribution < 1.29 is 17.7 Å². The Morgan fingerprint density at radius 1 is 1.19 bits per heavy atom. The van der Waals surface area contributed by atoms with Crippen LogP contribution >= 0.6 is 0 Å². The number of carbonyl (C=O) groups is 1. The number of aryl methyl sites for hydroxylation is 2. The van der Waals surface area contributed by atoms with Gasteiger partial charge in [0.25, 0.3) is 0 Å². The van der Waals surface area contributed by atoms with Gasteiger partial charge in [-0.2, -0.15) is 4.31 Å². The molecule has 8 heteroatoms. The van der Waals surface area contributed by atoms with Crippen molar-refractivity contribution in [1.29, 1.82) is 0 Å². The number of sulfonamides is 1. The van der Waals surface area contributed by atoms with Crippen molar-refractivity contribution in [2.75, 3.05) is 13.1 Å². The summed E-state index contributed by atoms with van der Waals surface area (Å²) in [5.74, 6) is 0.574. The number of aromatic nitrogens is 1. The lowest BCUT2D eigenvalue weighted by molar-refractivity contribution is -0.127. The smallest absolute Gasteiger partial charge is 0.248 e. The predicted octanol–water partition coefficient (Wildman–Crippen LogP) is 2.39. The van der Waals surface area contributed by atoms with E-state index in [9.17, 15) is 13.2 Å². The Labute approximate surface area is 155 Å². The molecule has 0 radical (unpaired) electrons. The van der Waals surface area contributed by atoms with E-state index in [4.69, 9.17) is 4.52 Å². The summed E-state index contributed by atoms with van der Waals surface area (Å²) in [5.41, 5.74) is 0.397. The van der Waals surface area contributed by atoms with E-state index in [0.717, 1.165) is 12.8 Å². The first kappa shape index (κ1) is 19.4. The number of amides is 1. The van der Waals surface area contributed by atoms with Crippen molar-refractivity contribution in [2.24, 2.45) is 11.8 Å². The second kappa shape index (κ2) is 7.68. The van der Waals surface area contributed by atoms with Gasteiger partial charge in [0.05, 0.1) is 0 Å². The third kappa shape index (κ3) is 3.81. The normalized spacial score (nSPS) is 21.8. The SMILES string of the molecule is Cc1noc(C)c1S(=O)(=O)N1CCC(C(C)C(=O)NC2CCCC2)CC1. The van der Waals surface area contributed by atoms with Crippen molar-refractivity contribution >= 4 is 15.9 Å². The summed E-state index contributed by atoms with van der Waals surface area (Å²) in [6.07, 6.45) is 5.93. The highest BCUT2D eigenvalue weighted by Gasteiger charge is 2.36. The summed E-state index contributed by atoms with van der Waals surface area (Å²) >= 11 is 0. The molecule has 1 N–H and O–H groups in total. The molecular weight excluding hydrogens is 354 g/mol. The molecule has 1 aliphatic carbocycles. The number of carbonyl (C=O) groups excluding carboxylic acids is 1. The molecule has 1 aromatic rings. The van der Waals surface area contributed by atoms with Gasteiger partial charge in [0.15, 0.2) is 5.76 Å². The van der Waals surface area contributed by atoms with Crippen molar-refractivity contribution in [2.45, 2.75) is 70.2 Å². The zero-order valence-electron chi connectivity index (χ0n) is 15.8. The summed E-state index contributed by atoms with van der Waals surface area (Å²) in [4.78, 5) is 12.7. The highest BCUT2D eigenvalue weighted by molar-refractivity contribution is 7.89. The number of nitrogens with zero attached hydrogens (tertiary/aromatic N) is 2. The fourth-order valence-corrected chi connectivity index (χ4v) is 5.97. The summed E-state index contributed by atoms with van der Waals surface area (Å²) in [5, 5.41) is 6.92. The molecule has 1 aliphatic heterocycles. The molecule has 2 heterocycles. The number of hydrogen-bond donors (Lipinski definition) is 1. The van der Waals surface area contributed by atoms with Crippen LogP contribution in [-0.4, -0.2) is 42.9 Å². The van der Waals surface area contributed by atoms with Crippen molar-refractivity contribution in [3.63, 3.8) is 0 Å². The van der Waals surface area contributed by atoms with Crippen LogP contribution in [0.25, 0.3) is 0 Å². The standard InChI is InChI=1S/C18H29N3O4S/c1-12(18(22)19-16-6-4-5-7-16)15-8-10-21(11-9-15)26(23,24)17-13(2)20-25-14(17)3/h12,15-16H,4-11H2,1-3H3,(H,19,22). The Morgan fingerprint density at radius 3 is 2.35 bits per heavy atom. The summed E-state index contributed by atoms with van der Waals surface area (Å²) < 4.78 is 32.3. The number of nitrogens with one attached hydrogen (secondary N) is 1. The lowest BCUT2D eigenvalue weighted by Crippen LogP contribution is -2.44. The fourth-order valence-electron chi connectivity index (χ4n) is 4.20. The maximum atomic E-state index is 12.9. The van der Waals surface area contributed by atoms with Crippen LogP contribution < -0.4 is 5.32 Å². The molecule has 1 atom stereocenters. The summed E-state index contributed by atoms with van der Waals surface area (Å²) in [7, 11) is -3.59. The highest BCUT2D eigenvalue weighted by Crippen LogP contribution is 2.31. The molecule has 2 fully saturated rings. The molecule has 3 rings (SSSR count). The van der Waals surface area contributed by atoms with Gasteiger partial charge < -0.3 is 9.84 Å². The molecule has 1 aromatic heterocycles. The molecule has 0 bridgehead atoms. The third-order valence-corrected chi connectivity index (χ3v) is 8.03. The Bertz CT molecular complexity index is 725. The molecule has 7 nitrogen and oxygen atoms in total. The molecule has 1 saturated heterocycles. The van der Waals surface area contributed by atoms with Crippen molar-refractivity contribution in [3.8, 4) is 0 Å². The molecule has 0 spiro atoms. The van der Waals surface area contributed by atoms with Gasteiger partial charge >= 0.3 is 0 Å². The van der Waals surface area contributed by atoms with Gasteiger partial charge in [-0.05, 0) is 45.4 Å². The predicted molar refractivity (Wildman–Crippen MR) is 97.0 cm³/mol. The molecular formula is C18H29N3O4S. The van der Waals surface area contributed by atoms with E-state index in [2.05, 4.69) is 10.5 Å². The molecule has 26 heavy (non-hydrogen) atoms. The van der Waals surface area contributed by atoms with Crippen molar-refractivity contribution in [1.82, 2.24) is 14.8 Å². The average Bonchev–Trinajstić information content (AvgIpc) is 3.24. The van der Waals surface area contributed by atoms with Crippen LogP contribution in [0.15, 0.2) is 9.42 Å². The van der Waals surface area contributed by atoms with Crippen molar-refractivity contribution in [3.05, 3.63) is 11.5 Å². The monoisotopic (exact) mass is 383 g/mol. The minimum Gasteiger partial charge on any atom is -0.360 e. The molecule has 2 aliphatic rings. The lowest BCUT2D eigenvalue weighted by Gasteiger charge is -2.34. The first-order valence-electron chi connectivity index (χ1n) is 9.54. The van der Waals surface area contributed by atoms with Gasteiger partial charge in [-0.15, -0.1) is 0 Å². The van der Waals surface area contributed by atoms with Gasteiger partial charge in [-0.1, -0.05) is 24.9 Å². The van der Waals surface area contributed by atoms with Gasteiger partial charge in [0.1, 0.15) is 10.6 Å². The fraction of sp³-hybridized carbons (Fsp3) is 0.778. The Kier molecular flexibility index (Phi) is 5.72. The molecule has 1 saturated carbocycles. The average molecular weight is 384 g/mol. The van der Waals surface area contributed by atoms with Gasteiger partial charge in [-0.25, -0.2) is 8.42 Å². The van der Waals surface area contributed by atoms with Crippen LogP contribution in [0.4, 0.5) is 0 Å². The second-order valence-electron chi connectivity index (χ2n) is 7.67. The van der Waals surface area contributed by atoms with E-state index < -0.39 is 10.0 Å². The minimum absolute atomic E-state index is 0.0838. The van der Waals surface area contributed by atoms with E-state index in [1.54, 1.807) is 13.8 Å². The van der Waals surface area contributed by atoms with E-state index in [1.165, 1.54) is 17.1 Å². The van der Waals surface area contributed by atoms with Crippen LogP contribution in [0.1, 0.15) is 56.9 Å². The van der Waals surface area contributed by atoms with E-state index >= 15 is 0 Å². The largest absolute Gasteiger partial charge is 0.360 e. The Balaban J connectivity index is 1.59. The lowest BCUT2D eigenvalue weighted by atomic mass is 9.85. The minimum atomic E-state index is -3.59. The Morgan fingerprint density at radius 2 is 1.81 bits per heavy atom. The second-order valence-corrected chi connectivity index (χ2v) is 9.55. The first-order valence-corrected chi connectivity index (χ1v) is 11.0.